The van der Waals surface area contributed by atoms with Crippen molar-refractivity contribution in [1.82, 2.24) is 15.3 Å². The Balaban J connectivity index is 1.07. The van der Waals surface area contributed by atoms with Gasteiger partial charge in [0, 0.05) is 24.5 Å². The highest BCUT2D eigenvalue weighted by Gasteiger charge is 2.27. The van der Waals surface area contributed by atoms with E-state index in [-0.39, 0.29) is 0 Å². The van der Waals surface area contributed by atoms with Crippen molar-refractivity contribution in [3.05, 3.63) is 42.2 Å². The quantitative estimate of drug-likeness (QED) is 0.573. The van der Waals surface area contributed by atoms with Gasteiger partial charge in [0.15, 0.2) is 11.5 Å². The minimum Gasteiger partial charge on any atom is -0.497 e. The van der Waals surface area contributed by atoms with Crippen LogP contribution in [0.15, 0.2) is 36.5 Å². The Morgan fingerprint density at radius 1 is 1.00 bits per heavy atom. The molecule has 1 saturated carbocycles. The summed E-state index contributed by atoms with van der Waals surface area (Å²) < 4.78 is 22.6. The zero-order valence-electron chi connectivity index (χ0n) is 20.2. The van der Waals surface area contributed by atoms with Crippen LogP contribution in [0, 0.1) is 5.92 Å². The molecule has 0 spiro atoms. The maximum atomic E-state index is 5.97. The number of aromatic nitrogens is 2. The Labute approximate surface area is 205 Å². The van der Waals surface area contributed by atoms with E-state index in [1.165, 1.54) is 25.7 Å². The fourth-order valence-corrected chi connectivity index (χ4v) is 5.44. The van der Waals surface area contributed by atoms with Crippen molar-refractivity contribution in [3.63, 3.8) is 0 Å². The minimum atomic E-state index is 0.521. The summed E-state index contributed by atoms with van der Waals surface area (Å²) in [5, 5.41) is 4.81. The van der Waals surface area contributed by atoms with E-state index in [4.69, 9.17) is 18.9 Å². The Hall–Kier alpha value is -3.26. The first kappa shape index (κ1) is 22.2. The summed E-state index contributed by atoms with van der Waals surface area (Å²) in [7, 11) is 1.70. The Kier molecular flexibility index (Phi) is 6.21. The van der Waals surface area contributed by atoms with Crippen LogP contribution in [0.4, 0.5) is 5.69 Å². The summed E-state index contributed by atoms with van der Waals surface area (Å²) in [5.74, 6) is 3.74. The third-order valence-corrected chi connectivity index (χ3v) is 7.31. The van der Waals surface area contributed by atoms with E-state index in [0.29, 0.717) is 37.7 Å². The van der Waals surface area contributed by atoms with Crippen LogP contribution >= 0.6 is 0 Å². The van der Waals surface area contributed by atoms with Gasteiger partial charge in [-0.2, -0.15) is 0 Å². The number of ether oxygens (including phenoxy) is 4. The molecule has 0 radical (unpaired) electrons. The van der Waals surface area contributed by atoms with Crippen LogP contribution in [0.1, 0.15) is 31.4 Å². The van der Waals surface area contributed by atoms with Crippen molar-refractivity contribution in [3.8, 4) is 23.1 Å². The zero-order chi connectivity index (χ0) is 23.6. The summed E-state index contributed by atoms with van der Waals surface area (Å²) >= 11 is 0. The van der Waals surface area contributed by atoms with Gasteiger partial charge >= 0.3 is 0 Å². The Morgan fingerprint density at radius 3 is 2.74 bits per heavy atom. The highest BCUT2D eigenvalue weighted by atomic mass is 16.6. The fourth-order valence-electron chi connectivity index (χ4n) is 5.44. The van der Waals surface area contributed by atoms with Crippen LogP contribution in [0.5, 0.6) is 23.1 Å². The van der Waals surface area contributed by atoms with Gasteiger partial charge in [-0.1, -0.05) is 0 Å². The predicted molar refractivity (Wildman–Crippen MR) is 134 cm³/mol. The van der Waals surface area contributed by atoms with E-state index in [0.717, 1.165) is 59.2 Å². The number of fused-ring (bicyclic) bond motifs is 4. The Morgan fingerprint density at radius 2 is 1.86 bits per heavy atom. The lowest BCUT2D eigenvalue weighted by molar-refractivity contribution is 0.164. The number of nitrogens with one attached hydrogen (secondary N) is 1. The molecule has 2 aromatic heterocycles. The van der Waals surface area contributed by atoms with Gasteiger partial charge in [-0.05, 0) is 61.9 Å². The average molecular weight is 477 g/mol. The molecule has 3 aliphatic rings. The molecular formula is C27H32N4O4. The average Bonchev–Trinajstić information content (AvgIpc) is 2.92. The largest absolute Gasteiger partial charge is 0.497 e. The summed E-state index contributed by atoms with van der Waals surface area (Å²) in [5.41, 5.74) is 3.13. The van der Waals surface area contributed by atoms with Gasteiger partial charge in [0.05, 0.1) is 36.7 Å². The van der Waals surface area contributed by atoms with Crippen LogP contribution in [-0.2, 0) is 6.54 Å². The number of hydrogen-bond donors (Lipinski definition) is 1. The van der Waals surface area contributed by atoms with Crippen LogP contribution in [0.2, 0.25) is 0 Å². The molecule has 0 atom stereocenters. The first-order valence-electron chi connectivity index (χ1n) is 12.6. The number of rotatable bonds is 6. The molecular weight excluding hydrogens is 444 g/mol. The third-order valence-electron chi connectivity index (χ3n) is 7.31. The van der Waals surface area contributed by atoms with E-state index < -0.39 is 0 Å². The smallest absolute Gasteiger partial charge is 0.257 e. The number of nitrogens with zero attached hydrogens (tertiary/aromatic N) is 3. The first-order chi connectivity index (χ1) is 17.3. The Bertz CT molecular complexity index is 1190. The van der Waals surface area contributed by atoms with E-state index >= 15 is 0 Å². The van der Waals surface area contributed by atoms with E-state index in [2.05, 4.69) is 26.3 Å². The van der Waals surface area contributed by atoms with Crippen LogP contribution in [0.25, 0.3) is 10.9 Å². The van der Waals surface area contributed by atoms with Gasteiger partial charge in [0.25, 0.3) is 5.88 Å². The summed E-state index contributed by atoms with van der Waals surface area (Å²) in [4.78, 5) is 11.7. The molecule has 0 saturated heterocycles. The van der Waals surface area contributed by atoms with Gasteiger partial charge in [-0.3, -0.25) is 4.98 Å². The second-order valence-corrected chi connectivity index (χ2v) is 9.55. The molecule has 184 valence electrons. The van der Waals surface area contributed by atoms with Crippen molar-refractivity contribution in [2.45, 2.75) is 38.3 Å². The van der Waals surface area contributed by atoms with Gasteiger partial charge in [0.2, 0.25) is 0 Å². The lowest BCUT2D eigenvalue weighted by atomic mass is 9.85. The van der Waals surface area contributed by atoms with E-state index in [1.54, 1.807) is 7.11 Å². The van der Waals surface area contributed by atoms with Gasteiger partial charge in [0.1, 0.15) is 25.6 Å². The number of methoxy groups -OCH3 is 1. The normalized spacial score (nSPS) is 21.3. The highest BCUT2D eigenvalue weighted by molar-refractivity contribution is 5.96. The molecule has 4 heterocycles. The topological polar surface area (TPSA) is 78.0 Å². The molecule has 1 aliphatic carbocycles. The molecule has 8 heteroatoms. The monoisotopic (exact) mass is 476 g/mol. The molecule has 1 aromatic carbocycles. The first-order valence-corrected chi connectivity index (χ1v) is 12.6. The third kappa shape index (κ3) is 4.67. The lowest BCUT2D eigenvalue weighted by Crippen LogP contribution is -2.40. The number of pyridine rings is 2. The highest BCUT2D eigenvalue weighted by Crippen LogP contribution is 2.40. The number of hydrogen-bond acceptors (Lipinski definition) is 8. The maximum Gasteiger partial charge on any atom is 0.257 e. The maximum absolute atomic E-state index is 5.97. The standard InChI is InChI=1S/C27H32N4O4/c1-32-21-7-8-23-22(14-21)26-25(16-29-23)33-11-10-31(26)17-18-2-4-19(5-3-18)28-15-20-6-9-24-27(30-20)35-13-12-34-24/h6-9,14,16,18-19,28H,2-5,10-13,15,17H2,1H3. The minimum absolute atomic E-state index is 0.521. The molecule has 1 N–H and O–H groups in total. The van der Waals surface area contributed by atoms with E-state index in [1.807, 2.05) is 30.5 Å². The molecule has 1 fully saturated rings. The summed E-state index contributed by atoms with van der Waals surface area (Å²) in [6, 6.07) is 10.6. The second-order valence-electron chi connectivity index (χ2n) is 9.55. The number of benzene rings is 1. The van der Waals surface area contributed by atoms with Crippen molar-refractivity contribution in [2.24, 2.45) is 5.92 Å². The molecule has 8 nitrogen and oxygen atoms in total. The van der Waals surface area contributed by atoms with Gasteiger partial charge in [-0.25, -0.2) is 4.98 Å². The molecule has 35 heavy (non-hydrogen) atoms. The molecule has 0 bridgehead atoms. The molecule has 2 aliphatic heterocycles. The van der Waals surface area contributed by atoms with Crippen LogP contribution < -0.4 is 29.2 Å². The second kappa shape index (κ2) is 9.77. The number of anilines is 1. The van der Waals surface area contributed by atoms with Gasteiger partial charge < -0.3 is 29.2 Å². The molecule has 6 rings (SSSR count). The van der Waals surface area contributed by atoms with E-state index in [9.17, 15) is 0 Å². The van der Waals surface area contributed by atoms with Crippen LogP contribution in [0.3, 0.4) is 0 Å². The molecule has 0 amide bonds. The summed E-state index contributed by atoms with van der Waals surface area (Å²) in [6.45, 7) is 4.55. The van der Waals surface area contributed by atoms with Crippen molar-refractivity contribution in [2.75, 3.05) is 44.9 Å². The van der Waals surface area contributed by atoms with Crippen molar-refractivity contribution >= 4 is 16.6 Å². The van der Waals surface area contributed by atoms with Crippen molar-refractivity contribution in [1.29, 1.82) is 0 Å². The molecule has 0 unspecified atom stereocenters. The predicted octanol–water partition coefficient (Wildman–Crippen LogP) is 3.96. The fraction of sp³-hybridized carbons (Fsp3) is 0.481. The summed E-state index contributed by atoms with van der Waals surface area (Å²) in [6.07, 6.45) is 6.65. The lowest BCUT2D eigenvalue weighted by Gasteiger charge is -2.37. The zero-order valence-corrected chi connectivity index (χ0v) is 20.2. The van der Waals surface area contributed by atoms with Gasteiger partial charge in [-0.15, -0.1) is 0 Å². The SMILES string of the molecule is COc1ccc2ncc3c(c2c1)N(CC1CCC(NCc2ccc4c(n2)OCCO4)CC1)CCO3. The molecule has 3 aromatic rings. The van der Waals surface area contributed by atoms with Crippen LogP contribution in [-0.4, -0.2) is 56.0 Å². The van der Waals surface area contributed by atoms with Crippen molar-refractivity contribution < 1.29 is 18.9 Å².